The van der Waals surface area contributed by atoms with E-state index in [2.05, 4.69) is 44.5 Å². The molecule has 0 aliphatic heterocycles. The average molecular weight is 330 g/mol. The van der Waals surface area contributed by atoms with Crippen LogP contribution in [0.5, 0.6) is 0 Å². The van der Waals surface area contributed by atoms with Crippen molar-refractivity contribution >= 4 is 11.7 Å². The van der Waals surface area contributed by atoms with Crippen LogP contribution in [-0.4, -0.2) is 20.9 Å². The molecule has 25 heavy (non-hydrogen) atoms. The highest BCUT2D eigenvalue weighted by molar-refractivity contribution is 6.03. The Bertz CT molecular complexity index is 900. The Kier molecular flexibility index (Phi) is 3.98. The van der Waals surface area contributed by atoms with Crippen molar-refractivity contribution in [2.24, 2.45) is 0 Å². The summed E-state index contributed by atoms with van der Waals surface area (Å²) in [4.78, 5) is 24.6. The molecule has 5 nitrogen and oxygen atoms in total. The lowest BCUT2D eigenvalue weighted by Gasteiger charge is -2.07. The maximum absolute atomic E-state index is 12.2. The molecule has 1 aliphatic rings. The minimum absolute atomic E-state index is 0.268. The van der Waals surface area contributed by atoms with E-state index in [4.69, 9.17) is 0 Å². The molecule has 0 bridgehead atoms. The molecule has 0 spiro atoms. The normalized spacial score (nSPS) is 13.5. The average Bonchev–Trinajstić information content (AvgIpc) is 3.48. The van der Waals surface area contributed by atoms with Crippen LogP contribution in [0.15, 0.2) is 55.0 Å². The Morgan fingerprint density at radius 1 is 1.00 bits per heavy atom. The molecule has 4 rings (SSSR count). The predicted octanol–water partition coefficient (Wildman–Crippen LogP) is 3.98. The number of pyridine rings is 1. The number of aromatic nitrogens is 3. The van der Waals surface area contributed by atoms with Crippen LogP contribution >= 0.6 is 0 Å². The minimum atomic E-state index is -0.268. The molecule has 1 aromatic carbocycles. The van der Waals surface area contributed by atoms with Crippen LogP contribution in [0.3, 0.4) is 0 Å². The third-order valence-electron chi connectivity index (χ3n) is 4.32. The fourth-order valence-corrected chi connectivity index (χ4v) is 2.73. The van der Waals surface area contributed by atoms with Gasteiger partial charge in [0.2, 0.25) is 0 Å². The van der Waals surface area contributed by atoms with Gasteiger partial charge in [0.05, 0.1) is 5.56 Å². The standard InChI is InChI=1S/C20H18N4O/c1-13-21-11-18(12-22-13)20(25)24-19-8-7-17(10-23-19)16-4-2-3-15(9-16)14-5-6-14/h2-4,7-12,14H,5-6H2,1H3,(H,23,24,25). The molecule has 2 heterocycles. The van der Waals surface area contributed by atoms with Crippen LogP contribution in [-0.2, 0) is 0 Å². The first-order valence-corrected chi connectivity index (χ1v) is 8.35. The van der Waals surface area contributed by atoms with Crippen molar-refractivity contribution in [3.8, 4) is 11.1 Å². The highest BCUT2D eigenvalue weighted by Crippen LogP contribution is 2.41. The molecule has 5 heteroatoms. The van der Waals surface area contributed by atoms with Crippen molar-refractivity contribution in [3.05, 3.63) is 71.9 Å². The first-order chi connectivity index (χ1) is 12.2. The van der Waals surface area contributed by atoms with E-state index in [1.54, 1.807) is 13.1 Å². The molecule has 0 saturated heterocycles. The van der Waals surface area contributed by atoms with Gasteiger partial charge in [-0.25, -0.2) is 15.0 Å². The molecule has 2 aromatic heterocycles. The van der Waals surface area contributed by atoms with E-state index in [1.165, 1.54) is 30.8 Å². The van der Waals surface area contributed by atoms with E-state index in [0.717, 1.165) is 17.0 Å². The fraction of sp³-hybridized carbons (Fsp3) is 0.200. The van der Waals surface area contributed by atoms with Crippen molar-refractivity contribution in [2.75, 3.05) is 5.32 Å². The Labute approximate surface area is 146 Å². The molecule has 1 amide bonds. The Hall–Kier alpha value is -3.08. The summed E-state index contributed by atoms with van der Waals surface area (Å²) >= 11 is 0. The van der Waals surface area contributed by atoms with Gasteiger partial charge in [0, 0.05) is 24.2 Å². The first kappa shape index (κ1) is 15.4. The Morgan fingerprint density at radius 2 is 1.80 bits per heavy atom. The van der Waals surface area contributed by atoms with Crippen molar-refractivity contribution in [3.63, 3.8) is 0 Å². The van der Waals surface area contributed by atoms with Crippen molar-refractivity contribution in [1.82, 2.24) is 15.0 Å². The number of benzene rings is 1. The van der Waals surface area contributed by atoms with Gasteiger partial charge in [-0.15, -0.1) is 0 Å². The maximum atomic E-state index is 12.2. The minimum Gasteiger partial charge on any atom is -0.306 e. The van der Waals surface area contributed by atoms with Gasteiger partial charge >= 0.3 is 0 Å². The molecule has 0 atom stereocenters. The van der Waals surface area contributed by atoms with Gasteiger partial charge in [0.15, 0.2) is 0 Å². The molecular weight excluding hydrogens is 312 g/mol. The van der Waals surface area contributed by atoms with Gasteiger partial charge in [-0.3, -0.25) is 4.79 Å². The summed E-state index contributed by atoms with van der Waals surface area (Å²) in [6.07, 6.45) is 7.38. The van der Waals surface area contributed by atoms with Gasteiger partial charge in [-0.1, -0.05) is 24.3 Å². The second-order valence-corrected chi connectivity index (χ2v) is 6.30. The summed E-state index contributed by atoms with van der Waals surface area (Å²) in [7, 11) is 0. The summed E-state index contributed by atoms with van der Waals surface area (Å²) in [6.45, 7) is 1.78. The monoisotopic (exact) mass is 330 g/mol. The second-order valence-electron chi connectivity index (χ2n) is 6.30. The first-order valence-electron chi connectivity index (χ1n) is 8.35. The molecule has 0 radical (unpaired) electrons. The number of nitrogens with one attached hydrogen (secondary N) is 1. The lowest BCUT2D eigenvalue weighted by atomic mass is 10.0. The van der Waals surface area contributed by atoms with Crippen molar-refractivity contribution in [2.45, 2.75) is 25.7 Å². The molecule has 124 valence electrons. The largest absolute Gasteiger partial charge is 0.306 e. The van der Waals surface area contributed by atoms with Gasteiger partial charge in [-0.2, -0.15) is 0 Å². The summed E-state index contributed by atoms with van der Waals surface area (Å²) < 4.78 is 0. The molecular formula is C20H18N4O. The van der Waals surface area contributed by atoms with Gasteiger partial charge in [0.25, 0.3) is 5.91 Å². The lowest BCUT2D eigenvalue weighted by molar-refractivity contribution is 0.102. The number of hydrogen-bond donors (Lipinski definition) is 1. The fourth-order valence-electron chi connectivity index (χ4n) is 2.73. The van der Waals surface area contributed by atoms with Crippen LogP contribution < -0.4 is 5.32 Å². The number of nitrogens with zero attached hydrogens (tertiary/aromatic N) is 3. The smallest absolute Gasteiger partial charge is 0.259 e. The zero-order chi connectivity index (χ0) is 17.2. The summed E-state index contributed by atoms with van der Waals surface area (Å²) in [5, 5.41) is 2.77. The molecule has 3 aromatic rings. The zero-order valence-corrected chi connectivity index (χ0v) is 13.9. The van der Waals surface area contributed by atoms with Gasteiger partial charge < -0.3 is 5.32 Å². The van der Waals surface area contributed by atoms with E-state index in [1.807, 2.05) is 12.1 Å². The van der Waals surface area contributed by atoms with E-state index < -0.39 is 0 Å². The highest BCUT2D eigenvalue weighted by Gasteiger charge is 2.23. The third-order valence-corrected chi connectivity index (χ3v) is 4.32. The SMILES string of the molecule is Cc1ncc(C(=O)Nc2ccc(-c3cccc(C4CC4)c3)cn2)cn1. The van der Waals surface area contributed by atoms with Crippen LogP contribution in [0.2, 0.25) is 0 Å². The van der Waals surface area contributed by atoms with E-state index in [0.29, 0.717) is 17.2 Å². The molecule has 1 N–H and O–H groups in total. The zero-order valence-electron chi connectivity index (χ0n) is 13.9. The lowest BCUT2D eigenvalue weighted by Crippen LogP contribution is -2.13. The third kappa shape index (κ3) is 3.55. The summed E-state index contributed by atoms with van der Waals surface area (Å²) in [5.74, 6) is 1.60. The van der Waals surface area contributed by atoms with Crippen LogP contribution in [0.4, 0.5) is 5.82 Å². The van der Waals surface area contributed by atoms with Crippen LogP contribution in [0.25, 0.3) is 11.1 Å². The van der Waals surface area contributed by atoms with E-state index in [9.17, 15) is 4.79 Å². The van der Waals surface area contributed by atoms with Crippen molar-refractivity contribution in [1.29, 1.82) is 0 Å². The van der Waals surface area contributed by atoms with E-state index >= 15 is 0 Å². The number of carbonyl (C=O) groups excluding carboxylic acids is 1. The number of anilines is 1. The van der Waals surface area contributed by atoms with E-state index in [-0.39, 0.29) is 5.91 Å². The van der Waals surface area contributed by atoms with Crippen LogP contribution in [0, 0.1) is 6.92 Å². The Morgan fingerprint density at radius 3 is 2.48 bits per heavy atom. The molecule has 1 fully saturated rings. The quantitative estimate of drug-likeness (QED) is 0.786. The van der Waals surface area contributed by atoms with Gasteiger partial charge in [-0.05, 0) is 48.9 Å². The summed E-state index contributed by atoms with van der Waals surface area (Å²) in [5.41, 5.74) is 4.00. The second kappa shape index (κ2) is 6.43. The van der Waals surface area contributed by atoms with Crippen LogP contribution in [0.1, 0.15) is 40.5 Å². The summed E-state index contributed by atoms with van der Waals surface area (Å²) in [6, 6.07) is 12.4. The topological polar surface area (TPSA) is 67.8 Å². The number of rotatable bonds is 4. The number of amides is 1. The maximum Gasteiger partial charge on any atom is 0.259 e. The van der Waals surface area contributed by atoms with Gasteiger partial charge in [0.1, 0.15) is 11.6 Å². The highest BCUT2D eigenvalue weighted by atomic mass is 16.1. The number of hydrogen-bond acceptors (Lipinski definition) is 4. The Balaban J connectivity index is 1.49. The molecule has 1 aliphatic carbocycles. The molecule has 0 unspecified atom stereocenters. The number of carbonyl (C=O) groups is 1. The van der Waals surface area contributed by atoms with Crippen molar-refractivity contribution < 1.29 is 4.79 Å². The predicted molar refractivity (Wildman–Crippen MR) is 96.4 cm³/mol. The molecule has 1 saturated carbocycles. The number of aryl methyl sites for hydroxylation is 1.